The topological polar surface area (TPSA) is 43.4 Å². The van der Waals surface area contributed by atoms with Crippen LogP contribution in [-0.4, -0.2) is 32.4 Å². The monoisotopic (exact) mass is 210 g/mol. The number of methoxy groups -OCH3 is 2. The first kappa shape index (κ1) is 11.9. The molecule has 0 saturated carbocycles. The Bertz CT molecular complexity index is 279. The van der Waals surface area contributed by atoms with Gasteiger partial charge in [-0.05, 0) is 19.0 Å². The molecule has 0 aliphatic heterocycles. The number of nitrogens with one attached hydrogen (secondary N) is 1. The third-order valence-corrected chi connectivity index (χ3v) is 2.00. The highest BCUT2D eigenvalue weighted by Gasteiger charge is 1.96. The summed E-state index contributed by atoms with van der Waals surface area (Å²) in [5.41, 5.74) is 0.992. The molecule has 0 aromatic carbocycles. The molecule has 0 bridgehead atoms. The molecule has 0 aliphatic rings. The van der Waals surface area contributed by atoms with Gasteiger partial charge in [0.15, 0.2) is 0 Å². The predicted octanol–water partition coefficient (Wildman–Crippen LogP) is 1.22. The molecule has 1 aromatic heterocycles. The average Bonchev–Trinajstić information content (AvgIpc) is 2.29. The summed E-state index contributed by atoms with van der Waals surface area (Å²) in [6.45, 7) is 2.49. The standard InChI is InChI=1S/C11H18N2O2/c1-14-8-4-7-12-9-10-5-3-6-11(13-10)15-2/h3,5-6,12H,4,7-9H2,1-2H3. The molecule has 0 atom stereocenters. The number of nitrogens with zero attached hydrogens (tertiary/aromatic N) is 1. The van der Waals surface area contributed by atoms with Crippen LogP contribution < -0.4 is 10.1 Å². The van der Waals surface area contributed by atoms with Gasteiger partial charge in [0, 0.05) is 26.3 Å². The van der Waals surface area contributed by atoms with Crippen LogP contribution in [0, 0.1) is 0 Å². The molecule has 1 aromatic rings. The lowest BCUT2D eigenvalue weighted by Crippen LogP contribution is -2.16. The van der Waals surface area contributed by atoms with Crippen LogP contribution in [0.25, 0.3) is 0 Å². The highest BCUT2D eigenvalue weighted by Crippen LogP contribution is 2.05. The van der Waals surface area contributed by atoms with E-state index >= 15 is 0 Å². The van der Waals surface area contributed by atoms with Gasteiger partial charge in [-0.15, -0.1) is 0 Å². The zero-order chi connectivity index (χ0) is 10.9. The Morgan fingerprint density at radius 1 is 1.33 bits per heavy atom. The number of pyridine rings is 1. The third kappa shape index (κ3) is 4.76. The Hall–Kier alpha value is -1.13. The molecule has 0 unspecified atom stereocenters. The first-order valence-electron chi connectivity index (χ1n) is 5.06. The first-order chi connectivity index (χ1) is 7.36. The molecule has 15 heavy (non-hydrogen) atoms. The largest absolute Gasteiger partial charge is 0.481 e. The number of rotatable bonds is 7. The van der Waals surface area contributed by atoms with E-state index in [0.29, 0.717) is 5.88 Å². The van der Waals surface area contributed by atoms with Crippen molar-refractivity contribution in [2.24, 2.45) is 0 Å². The molecule has 0 amide bonds. The van der Waals surface area contributed by atoms with Crippen molar-refractivity contribution in [1.82, 2.24) is 10.3 Å². The number of hydrogen-bond donors (Lipinski definition) is 1. The van der Waals surface area contributed by atoms with Gasteiger partial charge < -0.3 is 14.8 Å². The van der Waals surface area contributed by atoms with E-state index in [1.54, 1.807) is 14.2 Å². The lowest BCUT2D eigenvalue weighted by molar-refractivity contribution is 0.194. The lowest BCUT2D eigenvalue weighted by atomic mass is 10.3. The van der Waals surface area contributed by atoms with Crippen molar-refractivity contribution in [2.45, 2.75) is 13.0 Å². The second kappa shape index (κ2) is 7.20. The van der Waals surface area contributed by atoms with Gasteiger partial charge in [0.05, 0.1) is 12.8 Å². The molecular weight excluding hydrogens is 192 g/mol. The molecule has 1 heterocycles. The summed E-state index contributed by atoms with van der Waals surface area (Å²) in [7, 11) is 3.34. The predicted molar refractivity (Wildman–Crippen MR) is 59.0 cm³/mol. The first-order valence-corrected chi connectivity index (χ1v) is 5.06. The summed E-state index contributed by atoms with van der Waals surface area (Å²) in [6.07, 6.45) is 1.01. The molecule has 0 fully saturated rings. The molecule has 1 N–H and O–H groups in total. The third-order valence-electron chi connectivity index (χ3n) is 2.00. The Balaban J connectivity index is 2.24. The smallest absolute Gasteiger partial charge is 0.213 e. The average molecular weight is 210 g/mol. The number of ether oxygens (including phenoxy) is 2. The van der Waals surface area contributed by atoms with Crippen molar-refractivity contribution in [1.29, 1.82) is 0 Å². The quantitative estimate of drug-likeness (QED) is 0.687. The zero-order valence-corrected chi connectivity index (χ0v) is 9.32. The van der Waals surface area contributed by atoms with E-state index < -0.39 is 0 Å². The van der Waals surface area contributed by atoms with Gasteiger partial charge in [0.25, 0.3) is 0 Å². The Morgan fingerprint density at radius 3 is 2.93 bits per heavy atom. The SMILES string of the molecule is COCCCNCc1cccc(OC)n1. The van der Waals surface area contributed by atoms with Crippen LogP contribution in [0.1, 0.15) is 12.1 Å². The van der Waals surface area contributed by atoms with Crippen molar-refractivity contribution in [3.63, 3.8) is 0 Å². The molecule has 1 rings (SSSR count). The highest BCUT2D eigenvalue weighted by atomic mass is 16.5. The maximum Gasteiger partial charge on any atom is 0.213 e. The summed E-state index contributed by atoms with van der Waals surface area (Å²) >= 11 is 0. The van der Waals surface area contributed by atoms with Crippen molar-refractivity contribution >= 4 is 0 Å². The van der Waals surface area contributed by atoms with E-state index in [0.717, 1.165) is 31.8 Å². The molecule has 0 saturated heterocycles. The fourth-order valence-electron chi connectivity index (χ4n) is 1.23. The van der Waals surface area contributed by atoms with E-state index in [1.807, 2.05) is 18.2 Å². The van der Waals surface area contributed by atoms with Gasteiger partial charge >= 0.3 is 0 Å². The lowest BCUT2D eigenvalue weighted by Gasteiger charge is -2.05. The van der Waals surface area contributed by atoms with Crippen LogP contribution in [0.2, 0.25) is 0 Å². The van der Waals surface area contributed by atoms with Gasteiger partial charge in [0.1, 0.15) is 0 Å². The summed E-state index contributed by atoms with van der Waals surface area (Å²) in [6, 6.07) is 5.76. The normalized spacial score (nSPS) is 10.3. The minimum absolute atomic E-state index is 0.659. The minimum atomic E-state index is 0.659. The van der Waals surface area contributed by atoms with Gasteiger partial charge in [-0.1, -0.05) is 6.07 Å². The molecule has 0 spiro atoms. The van der Waals surface area contributed by atoms with Crippen molar-refractivity contribution in [3.8, 4) is 5.88 Å². The summed E-state index contributed by atoms with van der Waals surface area (Å²) in [5.74, 6) is 0.659. The number of aromatic nitrogens is 1. The second-order valence-electron chi connectivity index (χ2n) is 3.19. The summed E-state index contributed by atoms with van der Waals surface area (Å²) in [5, 5.41) is 3.29. The van der Waals surface area contributed by atoms with E-state index in [-0.39, 0.29) is 0 Å². The zero-order valence-electron chi connectivity index (χ0n) is 9.32. The van der Waals surface area contributed by atoms with E-state index in [2.05, 4.69) is 10.3 Å². The van der Waals surface area contributed by atoms with Crippen LogP contribution in [0.15, 0.2) is 18.2 Å². The molecular formula is C11H18N2O2. The van der Waals surface area contributed by atoms with Gasteiger partial charge in [-0.2, -0.15) is 0 Å². The summed E-state index contributed by atoms with van der Waals surface area (Å²) < 4.78 is 10.00. The van der Waals surface area contributed by atoms with Crippen LogP contribution in [0.3, 0.4) is 0 Å². The van der Waals surface area contributed by atoms with Crippen molar-refractivity contribution in [3.05, 3.63) is 23.9 Å². The molecule has 4 heteroatoms. The Labute approximate surface area is 90.6 Å². The Morgan fingerprint density at radius 2 is 2.20 bits per heavy atom. The molecule has 4 nitrogen and oxygen atoms in total. The molecule has 0 aliphatic carbocycles. The van der Waals surface area contributed by atoms with Crippen LogP contribution in [-0.2, 0) is 11.3 Å². The van der Waals surface area contributed by atoms with Gasteiger partial charge in [-0.3, -0.25) is 0 Å². The van der Waals surface area contributed by atoms with Crippen LogP contribution >= 0.6 is 0 Å². The fraction of sp³-hybridized carbons (Fsp3) is 0.545. The van der Waals surface area contributed by atoms with Gasteiger partial charge in [-0.25, -0.2) is 4.98 Å². The van der Waals surface area contributed by atoms with Crippen molar-refractivity contribution in [2.75, 3.05) is 27.4 Å². The van der Waals surface area contributed by atoms with E-state index in [1.165, 1.54) is 0 Å². The van der Waals surface area contributed by atoms with Gasteiger partial charge in [0.2, 0.25) is 5.88 Å². The second-order valence-corrected chi connectivity index (χ2v) is 3.19. The Kier molecular flexibility index (Phi) is 5.73. The van der Waals surface area contributed by atoms with Crippen LogP contribution in [0.4, 0.5) is 0 Å². The van der Waals surface area contributed by atoms with E-state index in [4.69, 9.17) is 9.47 Å². The minimum Gasteiger partial charge on any atom is -0.481 e. The van der Waals surface area contributed by atoms with Crippen LogP contribution in [0.5, 0.6) is 5.88 Å². The highest BCUT2D eigenvalue weighted by molar-refractivity contribution is 5.15. The number of hydrogen-bond acceptors (Lipinski definition) is 4. The molecule has 84 valence electrons. The summed E-state index contributed by atoms with van der Waals surface area (Å²) in [4.78, 5) is 4.29. The van der Waals surface area contributed by atoms with E-state index in [9.17, 15) is 0 Å². The maximum absolute atomic E-state index is 5.04. The maximum atomic E-state index is 5.04. The fourth-order valence-corrected chi connectivity index (χ4v) is 1.23. The van der Waals surface area contributed by atoms with Crippen molar-refractivity contribution < 1.29 is 9.47 Å². The molecule has 0 radical (unpaired) electrons.